The number of nitrogens with zero attached hydrogens (tertiary/aromatic N) is 1. The van der Waals surface area contributed by atoms with Crippen LogP contribution in [-0.4, -0.2) is 12.6 Å². The summed E-state index contributed by atoms with van der Waals surface area (Å²) in [6.45, 7) is 7.04. The highest BCUT2D eigenvalue weighted by molar-refractivity contribution is 4.83. The predicted octanol–water partition coefficient (Wildman–Crippen LogP) is 1.53. The molecule has 0 saturated carbocycles. The largest absolute Gasteiger partial charge is 0.313 e. The summed E-state index contributed by atoms with van der Waals surface area (Å²) in [5.41, 5.74) is 0. The van der Waals surface area contributed by atoms with Gasteiger partial charge in [-0.1, -0.05) is 20.8 Å². The molecule has 0 heterocycles. The van der Waals surface area contributed by atoms with Gasteiger partial charge in [-0.05, 0) is 6.42 Å². The molecular formula is C8H16N2. The third-order valence-corrected chi connectivity index (χ3v) is 1.45. The van der Waals surface area contributed by atoms with Gasteiger partial charge < -0.3 is 5.32 Å². The molecule has 0 bridgehead atoms. The molecule has 0 aliphatic heterocycles. The van der Waals surface area contributed by atoms with Crippen LogP contribution in [0.15, 0.2) is 0 Å². The molecule has 1 N–H and O–H groups in total. The fourth-order valence-corrected chi connectivity index (χ4v) is 0.659. The van der Waals surface area contributed by atoms with Gasteiger partial charge in [-0.15, -0.1) is 0 Å². The van der Waals surface area contributed by atoms with E-state index >= 15 is 0 Å². The van der Waals surface area contributed by atoms with Crippen LogP contribution >= 0.6 is 0 Å². The van der Waals surface area contributed by atoms with Crippen LogP contribution in [0.1, 0.15) is 27.2 Å². The molecule has 0 aromatic rings. The Kier molecular flexibility index (Phi) is 4.96. The normalized spacial score (nSPS) is 13.1. The van der Waals surface area contributed by atoms with Crippen molar-refractivity contribution in [3.05, 3.63) is 0 Å². The smallest absolute Gasteiger partial charge is 0.0669 e. The van der Waals surface area contributed by atoms with Gasteiger partial charge in [0.05, 0.1) is 12.0 Å². The van der Waals surface area contributed by atoms with E-state index in [9.17, 15) is 0 Å². The molecule has 2 nitrogen and oxygen atoms in total. The topological polar surface area (TPSA) is 35.8 Å². The van der Waals surface area contributed by atoms with E-state index in [1.54, 1.807) is 0 Å². The molecule has 1 atom stereocenters. The Hall–Kier alpha value is -0.550. The maximum atomic E-state index is 8.55. The standard InChI is InChI=1S/C8H16N2/c1-4-8(5-9)6-10-7(2)3/h7-8,10H,4,6H2,1-3H3. The van der Waals surface area contributed by atoms with Crippen molar-refractivity contribution in [2.24, 2.45) is 5.92 Å². The first kappa shape index (κ1) is 9.45. The Bertz CT molecular complexity index is 113. The lowest BCUT2D eigenvalue weighted by molar-refractivity contribution is 0.508. The average Bonchev–Trinajstić information content (AvgIpc) is 1.90. The van der Waals surface area contributed by atoms with Crippen molar-refractivity contribution in [3.8, 4) is 6.07 Å². The van der Waals surface area contributed by atoms with Crippen molar-refractivity contribution in [1.29, 1.82) is 5.26 Å². The third-order valence-electron chi connectivity index (χ3n) is 1.45. The zero-order valence-corrected chi connectivity index (χ0v) is 7.02. The quantitative estimate of drug-likeness (QED) is 0.643. The minimum Gasteiger partial charge on any atom is -0.313 e. The van der Waals surface area contributed by atoms with Crippen LogP contribution < -0.4 is 5.32 Å². The molecule has 58 valence electrons. The van der Waals surface area contributed by atoms with Gasteiger partial charge in [0, 0.05) is 12.6 Å². The molecule has 0 aliphatic rings. The molecule has 0 fully saturated rings. The fraction of sp³-hybridized carbons (Fsp3) is 0.875. The van der Waals surface area contributed by atoms with Crippen LogP contribution in [0.4, 0.5) is 0 Å². The third kappa shape index (κ3) is 4.34. The monoisotopic (exact) mass is 140 g/mol. The Morgan fingerprint density at radius 1 is 1.50 bits per heavy atom. The summed E-state index contributed by atoms with van der Waals surface area (Å²) >= 11 is 0. The van der Waals surface area contributed by atoms with E-state index in [4.69, 9.17) is 5.26 Å². The van der Waals surface area contributed by atoms with Crippen LogP contribution in [-0.2, 0) is 0 Å². The van der Waals surface area contributed by atoms with Crippen molar-refractivity contribution < 1.29 is 0 Å². The van der Waals surface area contributed by atoms with E-state index in [2.05, 4.69) is 25.2 Å². The lowest BCUT2D eigenvalue weighted by atomic mass is 10.1. The summed E-state index contributed by atoms with van der Waals surface area (Å²) in [7, 11) is 0. The Morgan fingerprint density at radius 2 is 2.10 bits per heavy atom. The van der Waals surface area contributed by atoms with Crippen molar-refractivity contribution in [1.82, 2.24) is 5.32 Å². The Balaban J connectivity index is 3.38. The van der Waals surface area contributed by atoms with Gasteiger partial charge in [-0.3, -0.25) is 0 Å². The summed E-state index contributed by atoms with van der Waals surface area (Å²) < 4.78 is 0. The van der Waals surface area contributed by atoms with Gasteiger partial charge in [0.1, 0.15) is 0 Å². The second-order valence-corrected chi connectivity index (χ2v) is 2.80. The van der Waals surface area contributed by atoms with Gasteiger partial charge in [0.15, 0.2) is 0 Å². The summed E-state index contributed by atoms with van der Waals surface area (Å²) in [5.74, 6) is 0.183. The average molecular weight is 140 g/mol. The second-order valence-electron chi connectivity index (χ2n) is 2.80. The van der Waals surface area contributed by atoms with Gasteiger partial charge in [-0.2, -0.15) is 5.26 Å². The summed E-state index contributed by atoms with van der Waals surface area (Å²) in [5, 5.41) is 11.8. The van der Waals surface area contributed by atoms with Crippen molar-refractivity contribution in [2.45, 2.75) is 33.2 Å². The first-order chi connectivity index (χ1) is 4.70. The molecular weight excluding hydrogens is 124 g/mol. The van der Waals surface area contributed by atoms with Crippen molar-refractivity contribution >= 4 is 0 Å². The Morgan fingerprint density at radius 3 is 2.40 bits per heavy atom. The van der Waals surface area contributed by atoms with E-state index in [1.165, 1.54) is 0 Å². The van der Waals surface area contributed by atoms with Gasteiger partial charge >= 0.3 is 0 Å². The molecule has 10 heavy (non-hydrogen) atoms. The molecule has 0 aliphatic carbocycles. The first-order valence-electron chi connectivity index (χ1n) is 3.83. The minimum absolute atomic E-state index is 0.183. The van der Waals surface area contributed by atoms with Gasteiger partial charge in [-0.25, -0.2) is 0 Å². The van der Waals surface area contributed by atoms with Crippen LogP contribution in [0.25, 0.3) is 0 Å². The molecule has 2 heteroatoms. The van der Waals surface area contributed by atoms with Crippen LogP contribution in [0.5, 0.6) is 0 Å². The minimum atomic E-state index is 0.183. The van der Waals surface area contributed by atoms with E-state index in [-0.39, 0.29) is 5.92 Å². The van der Waals surface area contributed by atoms with E-state index in [1.807, 2.05) is 6.92 Å². The molecule has 0 radical (unpaired) electrons. The molecule has 0 aromatic carbocycles. The van der Waals surface area contributed by atoms with Gasteiger partial charge in [0.25, 0.3) is 0 Å². The first-order valence-corrected chi connectivity index (χ1v) is 3.83. The van der Waals surface area contributed by atoms with Crippen molar-refractivity contribution in [2.75, 3.05) is 6.54 Å². The summed E-state index contributed by atoms with van der Waals surface area (Å²) in [4.78, 5) is 0. The number of nitrogens with one attached hydrogen (secondary N) is 1. The van der Waals surface area contributed by atoms with Crippen LogP contribution in [0, 0.1) is 17.2 Å². The molecule has 0 amide bonds. The highest BCUT2D eigenvalue weighted by Gasteiger charge is 2.03. The van der Waals surface area contributed by atoms with Crippen LogP contribution in [0.3, 0.4) is 0 Å². The number of hydrogen-bond acceptors (Lipinski definition) is 2. The summed E-state index contributed by atoms with van der Waals surface area (Å²) in [6, 6.07) is 2.73. The summed E-state index contributed by atoms with van der Waals surface area (Å²) in [6.07, 6.45) is 0.941. The predicted molar refractivity (Wildman–Crippen MR) is 42.5 cm³/mol. The van der Waals surface area contributed by atoms with Gasteiger partial charge in [0.2, 0.25) is 0 Å². The highest BCUT2D eigenvalue weighted by atomic mass is 14.9. The Labute approximate surface area is 63.2 Å². The molecule has 1 unspecified atom stereocenters. The van der Waals surface area contributed by atoms with E-state index in [0.717, 1.165) is 13.0 Å². The van der Waals surface area contributed by atoms with Crippen LogP contribution in [0.2, 0.25) is 0 Å². The zero-order chi connectivity index (χ0) is 7.98. The van der Waals surface area contributed by atoms with E-state index in [0.29, 0.717) is 6.04 Å². The molecule has 0 rings (SSSR count). The number of nitriles is 1. The zero-order valence-electron chi connectivity index (χ0n) is 7.02. The number of hydrogen-bond donors (Lipinski definition) is 1. The van der Waals surface area contributed by atoms with E-state index < -0.39 is 0 Å². The molecule has 0 saturated heterocycles. The lowest BCUT2D eigenvalue weighted by Gasteiger charge is -2.10. The molecule has 0 aromatic heterocycles. The lowest BCUT2D eigenvalue weighted by Crippen LogP contribution is -2.28. The number of rotatable bonds is 4. The fourth-order valence-electron chi connectivity index (χ4n) is 0.659. The maximum absolute atomic E-state index is 8.55. The SMILES string of the molecule is CCC(C#N)CNC(C)C. The van der Waals surface area contributed by atoms with Crippen molar-refractivity contribution in [3.63, 3.8) is 0 Å². The second kappa shape index (κ2) is 5.25. The highest BCUT2D eigenvalue weighted by Crippen LogP contribution is 1.97. The molecule has 0 spiro atoms. The maximum Gasteiger partial charge on any atom is 0.0669 e.